The van der Waals surface area contributed by atoms with Crippen molar-refractivity contribution < 1.29 is 65.6 Å². The van der Waals surface area contributed by atoms with Crippen LogP contribution in [0.25, 0.3) is 0 Å². The van der Waals surface area contributed by atoms with Crippen LogP contribution in [0.5, 0.6) is 0 Å². The predicted octanol–water partition coefficient (Wildman–Crippen LogP) is -2.33. The molecule has 0 saturated heterocycles. The molecule has 0 rings (SSSR count). The van der Waals surface area contributed by atoms with Gasteiger partial charge in [0.1, 0.15) is 0 Å². The minimum Gasteiger partial charge on any atom is -0.412 e. The first-order chi connectivity index (χ1) is 14.2. The van der Waals surface area contributed by atoms with Crippen molar-refractivity contribution in [2.75, 3.05) is 26.2 Å². The molecule has 0 aromatic carbocycles. The Bertz CT molecular complexity index is 583. The van der Waals surface area contributed by atoms with Crippen LogP contribution in [-0.2, 0) is 38.4 Å². The Kier molecular flexibility index (Phi) is 64.5. The number of carbonyl (C=O) groups excluding carboxylic acids is 7. The maximum atomic E-state index is 11.1. The van der Waals surface area contributed by atoms with Crippen LogP contribution >= 0.6 is 0 Å². The summed E-state index contributed by atoms with van der Waals surface area (Å²) in [7, 11) is 0. The zero-order valence-corrected chi connectivity index (χ0v) is 20.9. The zero-order valence-electron chi connectivity index (χ0n) is 20.9. The Morgan fingerprint density at radius 2 is 0.737 bits per heavy atom. The summed E-state index contributed by atoms with van der Waals surface area (Å²) in [4.78, 5) is 79.2. The molecule has 0 fully saturated rings. The second kappa shape index (κ2) is 38.0. The third-order valence-corrected chi connectivity index (χ3v) is 3.07. The maximum Gasteiger partial charge on any atom is 0.339 e. The summed E-state index contributed by atoms with van der Waals surface area (Å²) < 4.78 is 0. The van der Waals surface area contributed by atoms with E-state index in [0.29, 0.717) is 13.1 Å². The van der Waals surface area contributed by atoms with Crippen molar-refractivity contribution >= 4 is 41.4 Å². The van der Waals surface area contributed by atoms with Crippen molar-refractivity contribution in [3.05, 3.63) is 0 Å². The smallest absolute Gasteiger partial charge is 0.339 e. The molecule has 17 heteroatoms. The first kappa shape index (κ1) is 64.5. The molecule has 0 aromatic rings. The molecule has 234 valence electrons. The Hall–Kier alpha value is -3.51. The number of hydrogen-bond donors (Lipinski definition) is 3. The average molecular weight is 569 g/mol. The topological polar surface area (TPSA) is 305 Å². The number of nitrogens with zero attached hydrogens (tertiary/aromatic N) is 2. The highest BCUT2D eigenvalue weighted by Gasteiger charge is 2.18. The van der Waals surface area contributed by atoms with E-state index in [0.717, 1.165) is 16.7 Å². The molecule has 38 heavy (non-hydrogen) atoms. The SMILES string of the molecule is C.C.C.CC(=O)N(CCN(C(C)=O)C(C)=O)C(C)=O.CC(=O)NCCNC(C)=O.CC(=O)OO.O.O.O.O. The van der Waals surface area contributed by atoms with E-state index in [9.17, 15) is 33.6 Å². The summed E-state index contributed by atoms with van der Waals surface area (Å²) in [6, 6.07) is 0. The van der Waals surface area contributed by atoms with E-state index >= 15 is 0 Å². The van der Waals surface area contributed by atoms with Crippen LogP contribution in [0.4, 0.5) is 0 Å². The van der Waals surface area contributed by atoms with E-state index in [2.05, 4.69) is 15.5 Å². The molecule has 11 N–H and O–H groups in total. The van der Waals surface area contributed by atoms with Gasteiger partial charge in [0.25, 0.3) is 0 Å². The van der Waals surface area contributed by atoms with Crippen molar-refractivity contribution in [3.8, 4) is 0 Å². The molecule has 0 spiro atoms. The van der Waals surface area contributed by atoms with E-state index < -0.39 is 29.6 Å². The molecule has 6 amide bonds. The first-order valence-corrected chi connectivity index (χ1v) is 9.05. The minimum absolute atomic E-state index is 0. The largest absolute Gasteiger partial charge is 0.412 e. The molecule has 0 aromatic heterocycles. The van der Waals surface area contributed by atoms with Gasteiger partial charge < -0.3 is 37.4 Å². The van der Waals surface area contributed by atoms with Gasteiger partial charge in [-0.05, 0) is 0 Å². The van der Waals surface area contributed by atoms with Crippen LogP contribution in [0.1, 0.15) is 70.7 Å². The number of amides is 6. The second-order valence-corrected chi connectivity index (χ2v) is 5.93. The molecule has 0 aliphatic rings. The lowest BCUT2D eigenvalue weighted by atomic mass is 10.4. The molecule has 0 saturated carbocycles. The van der Waals surface area contributed by atoms with Crippen LogP contribution in [0.3, 0.4) is 0 Å². The van der Waals surface area contributed by atoms with Crippen molar-refractivity contribution in [1.82, 2.24) is 20.4 Å². The normalized spacial score (nSPS) is 7.16. The highest BCUT2D eigenvalue weighted by Crippen LogP contribution is 1.96. The third-order valence-electron chi connectivity index (χ3n) is 3.07. The number of rotatable bonds is 6. The van der Waals surface area contributed by atoms with Crippen LogP contribution in [0.15, 0.2) is 0 Å². The highest BCUT2D eigenvalue weighted by molar-refractivity contribution is 5.94. The fourth-order valence-electron chi connectivity index (χ4n) is 1.75. The van der Waals surface area contributed by atoms with Gasteiger partial charge in [-0.25, -0.2) is 4.79 Å². The molecule has 0 aliphatic heterocycles. The van der Waals surface area contributed by atoms with Crippen LogP contribution in [-0.4, -0.2) is 105 Å². The van der Waals surface area contributed by atoms with Crippen LogP contribution in [0, 0.1) is 0 Å². The molecule has 0 atom stereocenters. The molecule has 0 heterocycles. The van der Waals surface area contributed by atoms with Gasteiger partial charge in [0.15, 0.2) is 0 Å². The van der Waals surface area contributed by atoms with E-state index in [1.807, 2.05) is 0 Å². The lowest BCUT2D eigenvalue weighted by Gasteiger charge is -2.22. The van der Waals surface area contributed by atoms with Crippen LogP contribution < -0.4 is 10.6 Å². The van der Waals surface area contributed by atoms with Gasteiger partial charge >= 0.3 is 5.97 Å². The van der Waals surface area contributed by atoms with Gasteiger partial charge in [-0.3, -0.25) is 38.6 Å². The first-order valence-electron chi connectivity index (χ1n) is 9.05. The number of imide groups is 2. The summed E-state index contributed by atoms with van der Waals surface area (Å²) in [6.45, 7) is 10.1. The minimum atomic E-state index is -0.690. The zero-order chi connectivity index (χ0) is 25.1. The second-order valence-electron chi connectivity index (χ2n) is 5.93. The molecule has 0 unspecified atom stereocenters. The molecule has 0 radical (unpaired) electrons. The molecule has 17 nitrogen and oxygen atoms in total. The number of nitrogens with one attached hydrogen (secondary N) is 2. The maximum absolute atomic E-state index is 11.1. The van der Waals surface area contributed by atoms with Crippen LogP contribution in [0.2, 0.25) is 0 Å². The van der Waals surface area contributed by atoms with Gasteiger partial charge in [-0.15, -0.1) is 0 Å². The van der Waals surface area contributed by atoms with E-state index in [1.54, 1.807) is 0 Å². The van der Waals surface area contributed by atoms with Gasteiger partial charge in [0.2, 0.25) is 35.4 Å². The Morgan fingerprint density at radius 3 is 0.842 bits per heavy atom. The lowest BCUT2D eigenvalue weighted by molar-refractivity contribution is -0.231. The standard InChI is InChI=1S/C10H16N2O4.C6H12N2O2.C2H4O3.3CH4.4H2O/c1-7(13)11(8(2)14)5-6-12(9(3)15)10(4)16;1-5(9)7-3-4-8-6(2)10;1-2(3)5-4;;;;;;;/h5-6H2,1-4H3;3-4H2,1-2H3,(H,7,9)(H,8,10);4H,1H3;3*1H4;4*1H2. The van der Waals surface area contributed by atoms with Crippen molar-refractivity contribution in [2.24, 2.45) is 0 Å². The Labute approximate surface area is 225 Å². The lowest BCUT2D eigenvalue weighted by Crippen LogP contribution is -2.43. The quantitative estimate of drug-likeness (QED) is 0.175. The summed E-state index contributed by atoms with van der Waals surface area (Å²) in [6.07, 6.45) is 0. The van der Waals surface area contributed by atoms with Gasteiger partial charge in [0.05, 0.1) is 0 Å². The fourth-order valence-corrected chi connectivity index (χ4v) is 1.75. The van der Waals surface area contributed by atoms with Crippen molar-refractivity contribution in [2.45, 2.75) is 70.7 Å². The van der Waals surface area contributed by atoms with Gasteiger partial charge in [-0.2, -0.15) is 5.26 Å². The number of hydrogen-bond acceptors (Lipinski definition) is 9. The Morgan fingerprint density at radius 1 is 0.553 bits per heavy atom. The summed E-state index contributed by atoms with van der Waals surface area (Å²) >= 11 is 0. The van der Waals surface area contributed by atoms with Crippen molar-refractivity contribution in [1.29, 1.82) is 0 Å². The monoisotopic (exact) mass is 568 g/mol. The van der Waals surface area contributed by atoms with Gasteiger partial charge in [0, 0.05) is 74.6 Å². The average Bonchev–Trinajstić information content (AvgIpc) is 2.61. The Balaban J connectivity index is -0.0000000394. The van der Waals surface area contributed by atoms with E-state index in [-0.39, 0.29) is 69.1 Å². The fraction of sp³-hybridized carbons (Fsp3) is 0.667. The molecule has 0 aliphatic carbocycles. The molecular weight excluding hydrogens is 516 g/mol. The molecular formula is C21H52N4O13. The van der Waals surface area contributed by atoms with Crippen molar-refractivity contribution in [3.63, 3.8) is 0 Å². The van der Waals surface area contributed by atoms with Gasteiger partial charge in [-0.1, -0.05) is 22.3 Å². The predicted molar refractivity (Wildman–Crippen MR) is 143 cm³/mol. The number of carbonyl (C=O) groups is 7. The van der Waals surface area contributed by atoms with E-state index in [1.165, 1.54) is 41.5 Å². The highest BCUT2D eigenvalue weighted by atomic mass is 17.1. The van der Waals surface area contributed by atoms with E-state index in [4.69, 9.17) is 5.26 Å². The summed E-state index contributed by atoms with van der Waals surface area (Å²) in [5.74, 6) is -2.46. The third kappa shape index (κ3) is 45.9. The summed E-state index contributed by atoms with van der Waals surface area (Å²) in [5.41, 5.74) is 0. The molecule has 0 bridgehead atoms. The summed E-state index contributed by atoms with van der Waals surface area (Å²) in [5, 5.41) is 12.4.